The highest BCUT2D eigenvalue weighted by Crippen LogP contribution is 2.31. The second kappa shape index (κ2) is 11.5. The van der Waals surface area contributed by atoms with Gasteiger partial charge in [-0.15, -0.1) is 0 Å². The van der Waals surface area contributed by atoms with Crippen molar-refractivity contribution in [1.29, 1.82) is 0 Å². The summed E-state index contributed by atoms with van der Waals surface area (Å²) < 4.78 is 4.67. The summed E-state index contributed by atoms with van der Waals surface area (Å²) >= 11 is 0. The third-order valence-corrected chi connectivity index (χ3v) is 5.20. The molecule has 1 aromatic carbocycles. The van der Waals surface area contributed by atoms with Crippen LogP contribution >= 0.6 is 0 Å². The standard InChI is InChI=1S/C26H26N4O3/c1-19(2)23(29-26(32)33-3)25(31)30-17-11-16-22(30)24-27-18-21(28-24)15-10-5-4-7-12-20-13-8-6-9-14-20/h6,8-9,13-14,18-19,22-23H,11,16-17H2,1-3H3,(H,27,28)(H,29,32)/t22-,23-/m0/s1. The molecule has 0 radical (unpaired) electrons. The first kappa shape index (κ1) is 23.5. The van der Waals surface area contributed by atoms with Crippen LogP contribution in [0.25, 0.3) is 0 Å². The number of carbonyl (C=O) groups is 2. The molecule has 7 nitrogen and oxygen atoms in total. The number of imidazole rings is 1. The third-order valence-electron chi connectivity index (χ3n) is 5.20. The Labute approximate surface area is 194 Å². The third kappa shape index (κ3) is 6.42. The minimum atomic E-state index is -0.667. The van der Waals surface area contributed by atoms with Crippen molar-refractivity contribution in [1.82, 2.24) is 20.2 Å². The van der Waals surface area contributed by atoms with E-state index < -0.39 is 12.1 Å². The number of hydrogen-bond acceptors (Lipinski definition) is 4. The van der Waals surface area contributed by atoms with Crippen molar-refractivity contribution in [2.45, 2.75) is 38.8 Å². The van der Waals surface area contributed by atoms with Gasteiger partial charge in [0, 0.05) is 12.1 Å². The number of nitrogens with one attached hydrogen (secondary N) is 2. The summed E-state index contributed by atoms with van der Waals surface area (Å²) in [5, 5.41) is 2.64. The summed E-state index contributed by atoms with van der Waals surface area (Å²) in [6.45, 7) is 4.37. The van der Waals surface area contributed by atoms with Crippen LogP contribution in [0, 0.1) is 41.4 Å². The Kier molecular flexibility index (Phi) is 8.17. The van der Waals surface area contributed by atoms with Crippen LogP contribution in [-0.2, 0) is 9.53 Å². The van der Waals surface area contributed by atoms with Gasteiger partial charge in [-0.3, -0.25) is 4.79 Å². The molecule has 1 aliphatic heterocycles. The van der Waals surface area contributed by atoms with E-state index in [9.17, 15) is 9.59 Å². The molecule has 2 atom stereocenters. The minimum Gasteiger partial charge on any atom is -0.453 e. The fourth-order valence-electron chi connectivity index (χ4n) is 3.55. The van der Waals surface area contributed by atoms with E-state index in [-0.39, 0.29) is 17.9 Å². The van der Waals surface area contributed by atoms with E-state index in [0.29, 0.717) is 18.1 Å². The highest BCUT2D eigenvalue weighted by molar-refractivity contribution is 5.86. The second-order valence-corrected chi connectivity index (χ2v) is 7.85. The lowest BCUT2D eigenvalue weighted by Crippen LogP contribution is -2.51. The number of likely N-dealkylation sites (tertiary alicyclic amines) is 1. The van der Waals surface area contributed by atoms with Gasteiger partial charge >= 0.3 is 6.09 Å². The SMILES string of the molecule is COC(=O)N[C@H](C(=O)N1CCC[C@H]1c1ncc(C#CC#CC#Cc2ccccc2)[nH]1)C(C)C. The fraction of sp³-hybridized carbons (Fsp3) is 0.346. The highest BCUT2D eigenvalue weighted by Gasteiger charge is 2.37. The molecule has 0 bridgehead atoms. The molecule has 1 fully saturated rings. The Bertz CT molecular complexity index is 1170. The lowest BCUT2D eigenvalue weighted by atomic mass is 10.0. The molecule has 2 heterocycles. The zero-order chi connectivity index (χ0) is 23.6. The number of nitrogens with zero attached hydrogens (tertiary/aromatic N) is 2. The van der Waals surface area contributed by atoms with Crippen molar-refractivity contribution in [3.63, 3.8) is 0 Å². The minimum absolute atomic E-state index is 0.0838. The number of hydrogen-bond donors (Lipinski definition) is 2. The molecular weight excluding hydrogens is 416 g/mol. The van der Waals surface area contributed by atoms with Crippen LogP contribution in [0.4, 0.5) is 4.79 Å². The van der Waals surface area contributed by atoms with Crippen LogP contribution in [0.2, 0.25) is 0 Å². The van der Waals surface area contributed by atoms with Crippen LogP contribution in [0.1, 0.15) is 49.8 Å². The van der Waals surface area contributed by atoms with Gasteiger partial charge in [-0.05, 0) is 60.5 Å². The summed E-state index contributed by atoms with van der Waals surface area (Å²) in [4.78, 5) is 34.2. The van der Waals surface area contributed by atoms with E-state index in [4.69, 9.17) is 0 Å². The number of amides is 2. The molecule has 0 spiro atoms. The quantitative estimate of drug-likeness (QED) is 0.713. The van der Waals surface area contributed by atoms with Gasteiger partial charge < -0.3 is 19.9 Å². The van der Waals surface area contributed by atoms with Crippen molar-refractivity contribution < 1.29 is 14.3 Å². The van der Waals surface area contributed by atoms with Gasteiger partial charge in [0.1, 0.15) is 17.6 Å². The fourth-order valence-corrected chi connectivity index (χ4v) is 3.55. The summed E-state index contributed by atoms with van der Waals surface area (Å²) in [6.07, 6.45) is 2.65. The van der Waals surface area contributed by atoms with Gasteiger partial charge in [0.05, 0.1) is 19.3 Å². The molecule has 2 aromatic rings. The second-order valence-electron chi connectivity index (χ2n) is 7.85. The largest absolute Gasteiger partial charge is 0.453 e. The predicted octanol–water partition coefficient (Wildman–Crippen LogP) is 2.86. The maximum Gasteiger partial charge on any atom is 0.407 e. The molecule has 1 saturated heterocycles. The molecule has 3 rings (SSSR count). The van der Waals surface area contributed by atoms with E-state index in [1.54, 1.807) is 11.1 Å². The molecule has 1 aromatic heterocycles. The topological polar surface area (TPSA) is 87.3 Å². The predicted molar refractivity (Wildman–Crippen MR) is 124 cm³/mol. The maximum atomic E-state index is 13.2. The zero-order valence-electron chi connectivity index (χ0n) is 18.9. The van der Waals surface area contributed by atoms with Crippen molar-refractivity contribution in [3.05, 3.63) is 53.6 Å². The van der Waals surface area contributed by atoms with Gasteiger partial charge in [-0.1, -0.05) is 38.0 Å². The number of rotatable bonds is 4. The van der Waals surface area contributed by atoms with Crippen LogP contribution in [0.3, 0.4) is 0 Å². The van der Waals surface area contributed by atoms with Gasteiger partial charge in [0.25, 0.3) is 0 Å². The van der Waals surface area contributed by atoms with E-state index in [0.717, 1.165) is 18.4 Å². The van der Waals surface area contributed by atoms with Gasteiger partial charge in [-0.25, -0.2) is 9.78 Å². The molecule has 0 aliphatic carbocycles. The lowest BCUT2D eigenvalue weighted by Gasteiger charge is -2.29. The molecule has 0 unspecified atom stereocenters. The number of ether oxygens (including phenoxy) is 1. The molecule has 168 valence electrons. The highest BCUT2D eigenvalue weighted by atomic mass is 16.5. The number of methoxy groups -OCH3 is 1. The first-order valence-corrected chi connectivity index (χ1v) is 10.8. The van der Waals surface area contributed by atoms with Crippen LogP contribution in [0.5, 0.6) is 0 Å². The molecule has 2 amide bonds. The summed E-state index contributed by atoms with van der Waals surface area (Å²) in [5.74, 6) is 17.3. The van der Waals surface area contributed by atoms with E-state index in [1.807, 2.05) is 44.2 Å². The van der Waals surface area contributed by atoms with Gasteiger partial charge in [0.2, 0.25) is 5.91 Å². The van der Waals surface area contributed by atoms with E-state index >= 15 is 0 Å². The van der Waals surface area contributed by atoms with Crippen molar-refractivity contribution in [3.8, 4) is 35.5 Å². The first-order chi connectivity index (χ1) is 16.0. The van der Waals surface area contributed by atoms with Gasteiger partial charge in [-0.2, -0.15) is 0 Å². The normalized spacial score (nSPS) is 15.3. The summed E-state index contributed by atoms with van der Waals surface area (Å²) in [7, 11) is 1.28. The molecule has 7 heteroatoms. The number of benzene rings is 1. The number of alkyl carbamates (subject to hydrolysis) is 1. The number of aromatic nitrogens is 2. The molecule has 1 aliphatic rings. The first-order valence-electron chi connectivity index (χ1n) is 10.8. The monoisotopic (exact) mass is 442 g/mol. The van der Waals surface area contributed by atoms with E-state index in [2.05, 4.69) is 55.5 Å². The van der Waals surface area contributed by atoms with Crippen molar-refractivity contribution >= 4 is 12.0 Å². The molecule has 33 heavy (non-hydrogen) atoms. The average Bonchev–Trinajstić information content (AvgIpc) is 3.49. The number of carbonyl (C=O) groups excluding carboxylic acids is 2. The number of H-pyrrole nitrogens is 1. The average molecular weight is 443 g/mol. The lowest BCUT2D eigenvalue weighted by molar-refractivity contribution is -0.135. The smallest absolute Gasteiger partial charge is 0.407 e. The van der Waals surface area contributed by atoms with Crippen molar-refractivity contribution in [2.24, 2.45) is 5.92 Å². The Morgan fingerprint density at radius 3 is 2.58 bits per heavy atom. The summed E-state index contributed by atoms with van der Waals surface area (Å²) in [5.41, 5.74) is 1.51. The van der Waals surface area contributed by atoms with Crippen LogP contribution in [-0.4, -0.2) is 46.6 Å². The maximum absolute atomic E-state index is 13.2. The zero-order valence-corrected chi connectivity index (χ0v) is 18.9. The van der Waals surface area contributed by atoms with Crippen molar-refractivity contribution in [2.75, 3.05) is 13.7 Å². The van der Waals surface area contributed by atoms with Crippen LogP contribution < -0.4 is 5.32 Å². The molecular formula is C26H26N4O3. The number of aromatic amines is 1. The Balaban J connectivity index is 1.67. The van der Waals surface area contributed by atoms with Crippen LogP contribution in [0.15, 0.2) is 36.5 Å². The summed E-state index contributed by atoms with van der Waals surface area (Å²) in [6, 6.07) is 8.74. The Hall–Kier alpha value is -4.15. The molecule has 2 N–H and O–H groups in total. The van der Waals surface area contributed by atoms with Gasteiger partial charge in [0.15, 0.2) is 0 Å². The van der Waals surface area contributed by atoms with E-state index in [1.165, 1.54) is 7.11 Å². The Morgan fingerprint density at radius 2 is 1.88 bits per heavy atom. The Morgan fingerprint density at radius 1 is 1.15 bits per heavy atom. The molecule has 0 saturated carbocycles.